The number of amides is 1. The topological polar surface area (TPSA) is 84.9 Å². The lowest BCUT2D eigenvalue weighted by atomic mass is 10.2. The summed E-state index contributed by atoms with van der Waals surface area (Å²) in [4.78, 5) is 13.9. The Bertz CT molecular complexity index is 1770. The average molecular weight is 593 g/mol. The minimum atomic E-state index is -3.81. The number of hydrogen-bond donors (Lipinski definition) is 1. The summed E-state index contributed by atoms with van der Waals surface area (Å²) >= 11 is 7.51. The molecular formula is C30H25ClN2O5S2. The molecule has 0 bridgehead atoms. The Morgan fingerprint density at radius 3 is 2.38 bits per heavy atom. The average Bonchev–Trinajstić information content (AvgIpc) is 3.39. The highest BCUT2D eigenvalue weighted by molar-refractivity contribution is 7.92. The maximum atomic E-state index is 13.4. The van der Waals surface area contributed by atoms with E-state index in [1.165, 1.54) is 34.9 Å². The first-order valence-electron chi connectivity index (χ1n) is 12.3. The van der Waals surface area contributed by atoms with Gasteiger partial charge in [0.2, 0.25) is 0 Å². The van der Waals surface area contributed by atoms with Crippen molar-refractivity contribution in [2.24, 2.45) is 0 Å². The largest absolute Gasteiger partial charge is 0.497 e. The molecule has 0 aliphatic rings. The summed E-state index contributed by atoms with van der Waals surface area (Å²) in [5.74, 6) is 1.32. The third-order valence-corrected chi connectivity index (χ3v) is 9.37. The lowest BCUT2D eigenvalue weighted by Gasteiger charge is -2.23. The molecule has 0 aliphatic heterocycles. The minimum absolute atomic E-state index is 0.163. The molecule has 40 heavy (non-hydrogen) atoms. The number of carbonyl (C=O) groups is 1. The van der Waals surface area contributed by atoms with Gasteiger partial charge in [-0.15, -0.1) is 11.3 Å². The van der Waals surface area contributed by atoms with Crippen LogP contribution in [-0.4, -0.2) is 28.0 Å². The zero-order chi connectivity index (χ0) is 28.3. The quantitative estimate of drug-likeness (QED) is 0.189. The number of benzene rings is 4. The second-order valence-electron chi connectivity index (χ2n) is 8.69. The van der Waals surface area contributed by atoms with Crippen molar-refractivity contribution < 1.29 is 22.7 Å². The highest BCUT2D eigenvalue weighted by Crippen LogP contribution is 2.35. The Morgan fingerprint density at radius 2 is 1.68 bits per heavy atom. The maximum absolute atomic E-state index is 13.4. The van der Waals surface area contributed by atoms with Crippen molar-refractivity contribution in [2.75, 3.05) is 23.3 Å². The van der Waals surface area contributed by atoms with Gasteiger partial charge in [-0.1, -0.05) is 29.8 Å². The number of ether oxygens (including phenoxy) is 2. The van der Waals surface area contributed by atoms with Crippen LogP contribution in [0.1, 0.15) is 16.6 Å². The summed E-state index contributed by atoms with van der Waals surface area (Å²) in [5, 5.41) is 4.10. The van der Waals surface area contributed by atoms with E-state index in [0.29, 0.717) is 38.5 Å². The van der Waals surface area contributed by atoms with E-state index in [2.05, 4.69) is 5.32 Å². The molecule has 0 saturated carbocycles. The second-order valence-corrected chi connectivity index (χ2v) is 12.1. The molecule has 7 nitrogen and oxygen atoms in total. The van der Waals surface area contributed by atoms with Gasteiger partial charge in [0.05, 0.1) is 28.3 Å². The number of thiophene rings is 1. The number of nitrogens with zero attached hydrogens (tertiary/aromatic N) is 1. The van der Waals surface area contributed by atoms with Crippen LogP contribution in [0.5, 0.6) is 17.2 Å². The summed E-state index contributed by atoms with van der Waals surface area (Å²) < 4.78 is 40.1. The van der Waals surface area contributed by atoms with Gasteiger partial charge < -0.3 is 14.8 Å². The lowest BCUT2D eigenvalue weighted by molar-refractivity contribution is 0.103. The van der Waals surface area contributed by atoms with Gasteiger partial charge in [-0.25, -0.2) is 8.42 Å². The van der Waals surface area contributed by atoms with E-state index in [1.807, 2.05) is 36.4 Å². The number of halogens is 1. The van der Waals surface area contributed by atoms with E-state index in [0.717, 1.165) is 10.1 Å². The first-order chi connectivity index (χ1) is 19.3. The zero-order valence-corrected chi connectivity index (χ0v) is 24.0. The Labute approximate surface area is 241 Å². The van der Waals surface area contributed by atoms with Crippen molar-refractivity contribution in [1.82, 2.24) is 0 Å². The first-order valence-corrected chi connectivity index (χ1v) is 15.0. The van der Waals surface area contributed by atoms with Crippen molar-refractivity contribution >= 4 is 60.3 Å². The molecule has 0 atom stereocenters. The molecule has 0 aliphatic carbocycles. The Hall–Kier alpha value is -4.05. The van der Waals surface area contributed by atoms with Gasteiger partial charge in [0.25, 0.3) is 15.9 Å². The minimum Gasteiger partial charge on any atom is -0.497 e. The lowest BCUT2D eigenvalue weighted by Crippen LogP contribution is -2.30. The highest BCUT2D eigenvalue weighted by Gasteiger charge is 2.24. The van der Waals surface area contributed by atoms with E-state index in [9.17, 15) is 13.2 Å². The van der Waals surface area contributed by atoms with Crippen molar-refractivity contribution in [1.29, 1.82) is 0 Å². The van der Waals surface area contributed by atoms with Gasteiger partial charge in [-0.2, -0.15) is 0 Å². The van der Waals surface area contributed by atoms with E-state index in [-0.39, 0.29) is 17.3 Å². The molecule has 10 heteroatoms. The van der Waals surface area contributed by atoms with Crippen LogP contribution in [0, 0.1) is 0 Å². The molecule has 0 unspecified atom stereocenters. The van der Waals surface area contributed by atoms with Gasteiger partial charge in [-0.3, -0.25) is 9.10 Å². The molecule has 5 rings (SSSR count). The normalized spacial score (nSPS) is 11.3. The van der Waals surface area contributed by atoms with Crippen molar-refractivity contribution in [2.45, 2.75) is 11.8 Å². The number of carbonyl (C=O) groups excluding carboxylic acids is 1. The molecule has 1 amide bonds. The summed E-state index contributed by atoms with van der Waals surface area (Å²) in [7, 11) is -2.28. The van der Waals surface area contributed by atoms with E-state index in [4.69, 9.17) is 21.1 Å². The first kappa shape index (κ1) is 27.5. The van der Waals surface area contributed by atoms with Gasteiger partial charge in [-0.05, 0) is 91.2 Å². The molecule has 0 fully saturated rings. The van der Waals surface area contributed by atoms with Crippen molar-refractivity contribution in [3.8, 4) is 17.2 Å². The van der Waals surface area contributed by atoms with Crippen LogP contribution >= 0.6 is 22.9 Å². The number of fused-ring (bicyclic) bond motifs is 1. The number of sulfonamides is 1. The van der Waals surface area contributed by atoms with Crippen LogP contribution < -0.4 is 19.1 Å². The number of anilines is 2. The van der Waals surface area contributed by atoms with Crippen molar-refractivity contribution in [3.63, 3.8) is 0 Å². The zero-order valence-electron chi connectivity index (χ0n) is 21.6. The molecule has 0 spiro atoms. The van der Waals surface area contributed by atoms with Gasteiger partial charge >= 0.3 is 0 Å². The number of nitrogens with one attached hydrogen (secondary N) is 1. The highest BCUT2D eigenvalue weighted by atomic mass is 35.5. The van der Waals surface area contributed by atoms with Gasteiger partial charge in [0.15, 0.2) is 5.75 Å². The van der Waals surface area contributed by atoms with Crippen LogP contribution in [0.15, 0.2) is 102 Å². The summed E-state index contributed by atoms with van der Waals surface area (Å²) in [6.07, 6.45) is 0. The van der Waals surface area contributed by atoms with Crippen LogP contribution in [0.25, 0.3) is 10.1 Å². The number of para-hydroxylation sites is 1. The second kappa shape index (κ2) is 11.6. The summed E-state index contributed by atoms with van der Waals surface area (Å²) in [5.41, 5.74) is 0.936. The molecule has 5 aromatic rings. The summed E-state index contributed by atoms with van der Waals surface area (Å²) in [6.45, 7) is 2.01. The fraction of sp³-hybridized carbons (Fsp3) is 0.100. The van der Waals surface area contributed by atoms with E-state index >= 15 is 0 Å². The predicted octanol–water partition coefficient (Wildman–Crippen LogP) is 7.82. The Kier molecular flexibility index (Phi) is 7.97. The maximum Gasteiger partial charge on any atom is 0.265 e. The Balaban J connectivity index is 1.41. The summed E-state index contributed by atoms with van der Waals surface area (Å²) in [6, 6.07) is 27.6. The third-order valence-electron chi connectivity index (χ3n) is 6.11. The van der Waals surface area contributed by atoms with Crippen LogP contribution in [0.2, 0.25) is 5.02 Å². The molecular weight excluding hydrogens is 568 g/mol. The monoisotopic (exact) mass is 592 g/mol. The predicted molar refractivity (Wildman–Crippen MR) is 161 cm³/mol. The van der Waals surface area contributed by atoms with Crippen LogP contribution in [0.3, 0.4) is 0 Å². The fourth-order valence-corrected chi connectivity index (χ4v) is 6.73. The van der Waals surface area contributed by atoms with E-state index < -0.39 is 10.0 Å². The molecule has 0 radical (unpaired) electrons. The molecule has 204 valence electrons. The fourth-order valence-electron chi connectivity index (χ4n) is 4.15. The van der Waals surface area contributed by atoms with Crippen LogP contribution in [-0.2, 0) is 10.0 Å². The number of methoxy groups -OCH3 is 1. The van der Waals surface area contributed by atoms with Gasteiger partial charge in [0.1, 0.15) is 11.5 Å². The number of hydrogen-bond acceptors (Lipinski definition) is 6. The van der Waals surface area contributed by atoms with Crippen molar-refractivity contribution in [3.05, 3.63) is 107 Å². The molecule has 0 saturated heterocycles. The number of rotatable bonds is 9. The molecule has 4 aromatic carbocycles. The third kappa shape index (κ3) is 5.77. The molecule has 1 N–H and O–H groups in total. The van der Waals surface area contributed by atoms with Crippen LogP contribution in [0.4, 0.5) is 11.4 Å². The smallest absolute Gasteiger partial charge is 0.265 e. The Morgan fingerprint density at radius 1 is 0.925 bits per heavy atom. The molecule has 1 heterocycles. The standard InChI is InChI=1S/C30H25ClN2O5S2/c1-3-33(40(35,36)25-13-11-23(37-2)12-14-25)22-10-16-28-20(17-22)18-29(39-28)30(34)32-26-19-21(31)9-15-27(26)38-24-7-5-4-6-8-24/h4-19H,3H2,1-2H3,(H,32,34). The van der Waals surface area contributed by atoms with E-state index in [1.54, 1.807) is 55.5 Å². The molecule has 1 aromatic heterocycles. The SMILES string of the molecule is CCN(c1ccc2sc(C(=O)Nc3cc(Cl)ccc3Oc3ccccc3)cc2c1)S(=O)(=O)c1ccc(OC)cc1. The van der Waals surface area contributed by atoms with Gasteiger partial charge in [0, 0.05) is 16.3 Å².